The molecule has 0 aliphatic carbocycles. The van der Waals surface area contributed by atoms with Crippen molar-refractivity contribution in [3.05, 3.63) is 69.3 Å². The normalized spacial score (nSPS) is 15.7. The van der Waals surface area contributed by atoms with E-state index in [1.807, 2.05) is 18.2 Å². The number of methoxy groups -OCH3 is 1. The summed E-state index contributed by atoms with van der Waals surface area (Å²) in [6.45, 7) is 1.23. The molecule has 0 atom stereocenters. The van der Waals surface area contributed by atoms with Gasteiger partial charge in [-0.3, -0.25) is 0 Å². The zero-order valence-corrected chi connectivity index (χ0v) is 19.3. The number of carboxylic acids is 1. The molecular formula is C23H20ClNO7S. The molecule has 0 radical (unpaired) electrons. The summed E-state index contributed by atoms with van der Waals surface area (Å²) >= 11 is 7.37. The molecule has 0 fully saturated rings. The van der Waals surface area contributed by atoms with Crippen LogP contribution in [0, 0.1) is 0 Å². The third kappa shape index (κ3) is 5.88. The zero-order valence-electron chi connectivity index (χ0n) is 17.7. The van der Waals surface area contributed by atoms with Gasteiger partial charge in [0.25, 0.3) is 0 Å². The number of thioether (sulfide) groups is 1. The lowest BCUT2D eigenvalue weighted by Gasteiger charge is -2.12. The van der Waals surface area contributed by atoms with Crippen LogP contribution in [0.2, 0.25) is 5.02 Å². The Kier molecular flexibility index (Phi) is 8.02. The number of rotatable bonds is 8. The van der Waals surface area contributed by atoms with Crippen LogP contribution in [0.1, 0.15) is 12.5 Å². The molecule has 33 heavy (non-hydrogen) atoms. The Labute approximate surface area is 199 Å². The Bertz CT molecular complexity index is 1160. The van der Waals surface area contributed by atoms with Crippen LogP contribution < -0.4 is 9.47 Å². The smallest absolute Gasteiger partial charge is 0.344 e. The summed E-state index contributed by atoms with van der Waals surface area (Å²) in [5, 5.41) is 20.1. The molecule has 2 aromatic rings. The van der Waals surface area contributed by atoms with E-state index in [4.69, 9.17) is 30.9 Å². The molecule has 0 aromatic heterocycles. The molecule has 1 aliphatic heterocycles. The number of aliphatic carboxylic acids is 1. The van der Waals surface area contributed by atoms with Crippen LogP contribution in [-0.4, -0.2) is 47.5 Å². The lowest BCUT2D eigenvalue weighted by atomic mass is 10.1. The number of carboxylic acid groups (broad SMARTS) is 1. The average Bonchev–Trinajstić information content (AvgIpc) is 3.07. The number of carbonyl (C=O) groups excluding carboxylic acids is 1. The highest BCUT2D eigenvalue weighted by Gasteiger charge is 2.33. The average molecular weight is 490 g/mol. The van der Waals surface area contributed by atoms with Gasteiger partial charge in [0.05, 0.1) is 29.3 Å². The molecule has 1 heterocycles. The second kappa shape index (κ2) is 10.9. The Hall–Kier alpha value is -3.43. The molecule has 0 amide bonds. The van der Waals surface area contributed by atoms with Gasteiger partial charge in [-0.1, -0.05) is 41.6 Å². The second-order valence-electron chi connectivity index (χ2n) is 6.52. The van der Waals surface area contributed by atoms with Gasteiger partial charge in [0.1, 0.15) is 16.4 Å². The summed E-state index contributed by atoms with van der Waals surface area (Å²) in [7, 11) is 1.39. The van der Waals surface area contributed by atoms with E-state index in [1.165, 1.54) is 13.2 Å². The minimum absolute atomic E-state index is 0.0311. The Morgan fingerprint density at radius 3 is 2.58 bits per heavy atom. The van der Waals surface area contributed by atoms with Crippen molar-refractivity contribution in [2.45, 2.75) is 6.92 Å². The zero-order chi connectivity index (χ0) is 24.0. The van der Waals surface area contributed by atoms with E-state index in [9.17, 15) is 14.7 Å². The van der Waals surface area contributed by atoms with Crippen LogP contribution in [-0.2, 0) is 14.3 Å². The van der Waals surface area contributed by atoms with Crippen molar-refractivity contribution < 1.29 is 34.0 Å². The Balaban J connectivity index is 2.02. The number of hydrogen-bond donors (Lipinski definition) is 2. The van der Waals surface area contributed by atoms with Gasteiger partial charge in [-0.2, -0.15) is 0 Å². The van der Waals surface area contributed by atoms with Gasteiger partial charge in [-0.25, -0.2) is 14.6 Å². The first-order valence-electron chi connectivity index (χ1n) is 9.70. The van der Waals surface area contributed by atoms with Crippen LogP contribution in [0.15, 0.2) is 63.7 Å². The summed E-state index contributed by atoms with van der Waals surface area (Å²) in [6, 6.07) is 12.1. The monoisotopic (exact) mass is 489 g/mol. The second-order valence-corrected chi connectivity index (χ2v) is 7.96. The van der Waals surface area contributed by atoms with Crippen LogP contribution >= 0.6 is 23.4 Å². The van der Waals surface area contributed by atoms with E-state index in [0.717, 1.165) is 11.8 Å². The number of hydrogen-bond acceptors (Lipinski definition) is 8. The lowest BCUT2D eigenvalue weighted by molar-refractivity contribution is -0.139. The molecule has 0 saturated heterocycles. The molecule has 2 N–H and O–H groups in total. The minimum atomic E-state index is -1.16. The highest BCUT2D eigenvalue weighted by Crippen LogP contribution is 2.42. The predicted octanol–water partition coefficient (Wildman–Crippen LogP) is 5.01. The molecule has 0 spiro atoms. The van der Waals surface area contributed by atoms with Crippen molar-refractivity contribution in [3.8, 4) is 11.5 Å². The number of benzene rings is 2. The summed E-state index contributed by atoms with van der Waals surface area (Å²) in [5.74, 6) is -1.82. The molecule has 0 saturated carbocycles. The number of ether oxygens (including phenoxy) is 3. The molecular weight excluding hydrogens is 470 g/mol. The van der Waals surface area contributed by atoms with E-state index in [-0.39, 0.29) is 34.5 Å². The van der Waals surface area contributed by atoms with Crippen molar-refractivity contribution in [1.29, 1.82) is 0 Å². The predicted molar refractivity (Wildman–Crippen MR) is 127 cm³/mol. The molecule has 0 unspecified atom stereocenters. The van der Waals surface area contributed by atoms with Crippen molar-refractivity contribution in [2.24, 2.45) is 4.99 Å². The number of aliphatic hydroxyl groups excluding tert-OH is 1. The summed E-state index contributed by atoms with van der Waals surface area (Å²) < 4.78 is 15.6. The van der Waals surface area contributed by atoms with Crippen LogP contribution in [0.25, 0.3) is 6.08 Å². The fourth-order valence-corrected chi connectivity index (χ4v) is 4.17. The fraction of sp³-hybridized carbons (Fsp3) is 0.174. The largest absolute Gasteiger partial charge is 0.506 e. The maximum Gasteiger partial charge on any atom is 0.344 e. The van der Waals surface area contributed by atoms with Crippen molar-refractivity contribution in [3.63, 3.8) is 0 Å². The molecule has 172 valence electrons. The number of para-hydroxylation sites is 1. The third-order valence-electron chi connectivity index (χ3n) is 4.25. The van der Waals surface area contributed by atoms with Crippen molar-refractivity contribution >= 4 is 52.1 Å². The number of halogens is 1. The first-order valence-corrected chi connectivity index (χ1v) is 10.9. The number of esters is 1. The van der Waals surface area contributed by atoms with Gasteiger partial charge in [0.15, 0.2) is 18.1 Å². The van der Waals surface area contributed by atoms with E-state index in [1.54, 1.807) is 31.2 Å². The maximum atomic E-state index is 12.5. The number of carbonyl (C=O) groups is 2. The lowest BCUT2D eigenvalue weighted by Crippen LogP contribution is -2.12. The van der Waals surface area contributed by atoms with Gasteiger partial charge in [-0.15, -0.1) is 0 Å². The number of aliphatic hydroxyl groups is 1. The van der Waals surface area contributed by atoms with Crippen LogP contribution in [0.5, 0.6) is 11.5 Å². The van der Waals surface area contributed by atoms with Crippen molar-refractivity contribution in [1.82, 2.24) is 0 Å². The van der Waals surface area contributed by atoms with Crippen molar-refractivity contribution in [2.75, 3.05) is 20.3 Å². The molecule has 10 heteroatoms. The molecule has 8 nitrogen and oxygen atoms in total. The SMILES string of the molecule is CCOC(=O)C1=C(O)/C(=C/c2cc(Cl)c(OCC(=O)O)c(OC)c2)SC1=Nc1ccccc1. The van der Waals surface area contributed by atoms with E-state index >= 15 is 0 Å². The Morgan fingerprint density at radius 1 is 1.21 bits per heavy atom. The fourth-order valence-electron chi connectivity index (χ4n) is 2.86. The van der Waals surface area contributed by atoms with E-state index in [0.29, 0.717) is 21.2 Å². The van der Waals surface area contributed by atoms with Crippen LogP contribution in [0.4, 0.5) is 5.69 Å². The van der Waals surface area contributed by atoms with Gasteiger partial charge in [0.2, 0.25) is 0 Å². The molecule has 2 aromatic carbocycles. The van der Waals surface area contributed by atoms with Gasteiger partial charge in [-0.05, 0) is 42.8 Å². The molecule has 3 rings (SSSR count). The summed E-state index contributed by atoms with van der Waals surface area (Å²) in [4.78, 5) is 28.2. The standard InChI is InChI=1S/C23H20ClNO7S/c1-3-31-23(29)19-20(28)17(33-22(19)25-14-7-5-4-6-8-14)11-13-9-15(24)21(16(10-13)30-2)32-12-18(26)27/h4-11,28H,3,12H2,1-2H3,(H,26,27)/b17-11-,25-22?. The summed E-state index contributed by atoms with van der Waals surface area (Å²) in [6.07, 6.45) is 1.60. The topological polar surface area (TPSA) is 115 Å². The van der Waals surface area contributed by atoms with Gasteiger partial charge in [0, 0.05) is 0 Å². The highest BCUT2D eigenvalue weighted by molar-refractivity contribution is 8.18. The minimum Gasteiger partial charge on any atom is -0.506 e. The van der Waals surface area contributed by atoms with Crippen LogP contribution in [0.3, 0.4) is 0 Å². The first kappa shape index (κ1) is 24.2. The van der Waals surface area contributed by atoms with Gasteiger partial charge >= 0.3 is 11.9 Å². The van der Waals surface area contributed by atoms with E-state index < -0.39 is 18.5 Å². The third-order valence-corrected chi connectivity index (χ3v) is 5.55. The first-order chi connectivity index (χ1) is 15.8. The molecule has 0 bridgehead atoms. The summed E-state index contributed by atoms with van der Waals surface area (Å²) in [5.41, 5.74) is 1.11. The maximum absolute atomic E-state index is 12.5. The Morgan fingerprint density at radius 2 is 1.94 bits per heavy atom. The highest BCUT2D eigenvalue weighted by atomic mass is 35.5. The number of nitrogens with zero attached hydrogens (tertiary/aromatic N) is 1. The van der Waals surface area contributed by atoms with E-state index in [2.05, 4.69) is 4.99 Å². The number of aliphatic imine (C=N–C) groups is 1. The van der Waals surface area contributed by atoms with Gasteiger partial charge < -0.3 is 24.4 Å². The quantitative estimate of drug-likeness (QED) is 0.497. The molecule has 1 aliphatic rings.